The highest BCUT2D eigenvalue weighted by Crippen LogP contribution is 2.39. The second-order valence-electron chi connectivity index (χ2n) is 5.66. The Morgan fingerprint density at radius 3 is 2.90 bits per heavy atom. The minimum absolute atomic E-state index is 0.261. The Labute approximate surface area is 115 Å². The first-order chi connectivity index (χ1) is 9.45. The first-order valence-corrected chi connectivity index (χ1v) is 6.92. The van der Waals surface area contributed by atoms with Crippen molar-refractivity contribution in [2.75, 3.05) is 18.1 Å². The number of ether oxygens (including phenoxy) is 1. The van der Waals surface area contributed by atoms with Crippen molar-refractivity contribution in [2.45, 2.75) is 38.4 Å². The number of rotatable bonds is 0. The lowest BCUT2D eigenvalue weighted by Crippen LogP contribution is -2.42. The molecule has 0 N–H and O–H groups in total. The van der Waals surface area contributed by atoms with E-state index in [-0.39, 0.29) is 5.75 Å². The van der Waals surface area contributed by atoms with Crippen molar-refractivity contribution in [2.24, 2.45) is 5.92 Å². The van der Waals surface area contributed by atoms with E-state index in [1.54, 1.807) is 0 Å². The molecule has 110 valence electrons. The summed E-state index contributed by atoms with van der Waals surface area (Å²) in [6.45, 7) is 3.49. The summed E-state index contributed by atoms with van der Waals surface area (Å²) in [4.78, 5) is 6.15. The molecule has 0 aliphatic carbocycles. The van der Waals surface area contributed by atoms with Crippen LogP contribution in [-0.4, -0.2) is 24.2 Å². The number of pyridine rings is 1. The Balaban J connectivity index is 1.96. The van der Waals surface area contributed by atoms with Crippen LogP contribution in [0.15, 0.2) is 12.3 Å². The average Bonchev–Trinajstić information content (AvgIpc) is 2.55. The van der Waals surface area contributed by atoms with E-state index in [0.29, 0.717) is 24.4 Å². The Morgan fingerprint density at radius 2 is 2.15 bits per heavy atom. The van der Waals surface area contributed by atoms with Crippen molar-refractivity contribution in [1.29, 1.82) is 0 Å². The molecule has 0 radical (unpaired) electrons. The third-order valence-corrected chi connectivity index (χ3v) is 4.12. The fourth-order valence-corrected chi connectivity index (χ4v) is 3.02. The molecule has 3 nitrogen and oxygen atoms in total. The first-order valence-electron chi connectivity index (χ1n) is 6.92. The lowest BCUT2D eigenvalue weighted by Gasteiger charge is -2.38. The van der Waals surface area contributed by atoms with Gasteiger partial charge in [-0.1, -0.05) is 6.92 Å². The molecule has 2 aliphatic heterocycles. The number of nitrogens with zero attached hydrogens (tertiary/aromatic N) is 2. The molecule has 2 aliphatic rings. The van der Waals surface area contributed by atoms with Gasteiger partial charge in [0.05, 0.1) is 12.2 Å². The standard InChI is InChI=1S/C14H17F3N2O/c1-9-2-4-19-11(6-9)3-5-20-12-7-10(14(15,16)17)8-18-13(12)19/h7-9,11H,2-6H2,1H3/t9-,11-/m0/s1. The molecule has 20 heavy (non-hydrogen) atoms. The Morgan fingerprint density at radius 1 is 1.35 bits per heavy atom. The molecule has 1 aromatic heterocycles. The van der Waals surface area contributed by atoms with Crippen molar-refractivity contribution in [3.05, 3.63) is 17.8 Å². The molecule has 0 spiro atoms. The van der Waals surface area contributed by atoms with Crippen molar-refractivity contribution in [3.8, 4) is 5.75 Å². The summed E-state index contributed by atoms with van der Waals surface area (Å²) in [6.07, 6.45) is -0.553. The highest BCUT2D eigenvalue weighted by molar-refractivity contribution is 5.55. The zero-order chi connectivity index (χ0) is 14.3. The summed E-state index contributed by atoms with van der Waals surface area (Å²) in [6, 6.07) is 1.40. The van der Waals surface area contributed by atoms with Crippen LogP contribution in [0.1, 0.15) is 31.7 Å². The summed E-state index contributed by atoms with van der Waals surface area (Å²) in [5.41, 5.74) is -0.750. The van der Waals surface area contributed by atoms with E-state index < -0.39 is 11.7 Å². The minimum Gasteiger partial charge on any atom is -0.490 e. The third kappa shape index (κ3) is 2.43. The van der Waals surface area contributed by atoms with Crippen LogP contribution in [0.4, 0.5) is 19.0 Å². The van der Waals surface area contributed by atoms with Gasteiger partial charge in [0.2, 0.25) is 0 Å². The quantitative estimate of drug-likeness (QED) is 0.730. The maximum atomic E-state index is 12.7. The molecule has 3 rings (SSSR count). The van der Waals surface area contributed by atoms with Gasteiger partial charge in [-0.3, -0.25) is 0 Å². The number of alkyl halides is 3. The molecular weight excluding hydrogens is 269 g/mol. The van der Waals surface area contributed by atoms with Gasteiger partial charge in [0.15, 0.2) is 11.6 Å². The van der Waals surface area contributed by atoms with Gasteiger partial charge in [0, 0.05) is 25.2 Å². The number of aromatic nitrogens is 1. The van der Waals surface area contributed by atoms with E-state index in [0.717, 1.165) is 38.1 Å². The Hall–Kier alpha value is -1.46. The summed E-state index contributed by atoms with van der Waals surface area (Å²) in [5, 5.41) is 0. The third-order valence-electron chi connectivity index (χ3n) is 4.12. The second kappa shape index (κ2) is 4.82. The molecule has 1 aromatic rings. The summed E-state index contributed by atoms with van der Waals surface area (Å²) < 4.78 is 43.7. The van der Waals surface area contributed by atoms with Gasteiger partial charge in [-0.2, -0.15) is 13.2 Å². The van der Waals surface area contributed by atoms with Crippen LogP contribution in [0, 0.1) is 5.92 Å². The van der Waals surface area contributed by atoms with Crippen molar-refractivity contribution < 1.29 is 17.9 Å². The van der Waals surface area contributed by atoms with Crippen LogP contribution >= 0.6 is 0 Å². The molecule has 1 fully saturated rings. The highest BCUT2D eigenvalue weighted by atomic mass is 19.4. The van der Waals surface area contributed by atoms with Crippen LogP contribution in [0.5, 0.6) is 5.75 Å². The predicted molar refractivity (Wildman–Crippen MR) is 68.9 cm³/mol. The number of piperidine rings is 1. The van der Waals surface area contributed by atoms with Gasteiger partial charge in [0.25, 0.3) is 0 Å². The molecule has 3 heterocycles. The fourth-order valence-electron chi connectivity index (χ4n) is 3.02. The molecule has 2 atom stereocenters. The zero-order valence-corrected chi connectivity index (χ0v) is 11.3. The first kappa shape index (κ1) is 13.5. The molecule has 0 aromatic carbocycles. The van der Waals surface area contributed by atoms with Crippen LogP contribution in [0.25, 0.3) is 0 Å². The number of fused-ring (bicyclic) bond motifs is 3. The number of hydrogen-bond acceptors (Lipinski definition) is 3. The summed E-state index contributed by atoms with van der Waals surface area (Å²) in [5.74, 6) is 1.47. The lowest BCUT2D eigenvalue weighted by molar-refractivity contribution is -0.137. The Bertz CT molecular complexity index is 504. The monoisotopic (exact) mass is 286 g/mol. The van der Waals surface area contributed by atoms with Crippen LogP contribution in [0.2, 0.25) is 0 Å². The van der Waals surface area contributed by atoms with Crippen LogP contribution < -0.4 is 9.64 Å². The Kier molecular flexibility index (Phi) is 3.26. The van der Waals surface area contributed by atoms with Gasteiger partial charge in [-0.25, -0.2) is 4.98 Å². The van der Waals surface area contributed by atoms with E-state index in [4.69, 9.17) is 4.74 Å². The van der Waals surface area contributed by atoms with E-state index >= 15 is 0 Å². The van der Waals surface area contributed by atoms with Crippen molar-refractivity contribution >= 4 is 5.82 Å². The van der Waals surface area contributed by atoms with Gasteiger partial charge >= 0.3 is 6.18 Å². The van der Waals surface area contributed by atoms with Gasteiger partial charge in [-0.15, -0.1) is 0 Å². The van der Waals surface area contributed by atoms with Crippen LogP contribution in [0.3, 0.4) is 0 Å². The average molecular weight is 286 g/mol. The highest BCUT2D eigenvalue weighted by Gasteiger charge is 2.35. The molecule has 0 unspecified atom stereocenters. The number of halogens is 3. The summed E-state index contributed by atoms with van der Waals surface area (Å²) >= 11 is 0. The van der Waals surface area contributed by atoms with E-state index in [1.807, 2.05) is 0 Å². The molecule has 1 saturated heterocycles. The molecule has 0 saturated carbocycles. The van der Waals surface area contributed by atoms with Crippen LogP contribution in [-0.2, 0) is 6.18 Å². The lowest BCUT2D eigenvalue weighted by atomic mass is 9.91. The predicted octanol–water partition coefficient (Wildman–Crippen LogP) is 3.49. The van der Waals surface area contributed by atoms with Gasteiger partial charge < -0.3 is 9.64 Å². The van der Waals surface area contributed by atoms with Crippen molar-refractivity contribution in [3.63, 3.8) is 0 Å². The maximum absolute atomic E-state index is 12.7. The van der Waals surface area contributed by atoms with Gasteiger partial charge in [-0.05, 0) is 24.8 Å². The topological polar surface area (TPSA) is 25.4 Å². The van der Waals surface area contributed by atoms with E-state index in [9.17, 15) is 13.2 Å². The zero-order valence-electron chi connectivity index (χ0n) is 11.3. The normalized spacial score (nSPS) is 26.3. The molecule has 0 bridgehead atoms. The minimum atomic E-state index is -4.38. The van der Waals surface area contributed by atoms with Crippen molar-refractivity contribution in [1.82, 2.24) is 4.98 Å². The fraction of sp³-hybridized carbons (Fsp3) is 0.643. The molecule has 6 heteroatoms. The number of hydrogen-bond donors (Lipinski definition) is 0. The second-order valence-corrected chi connectivity index (χ2v) is 5.66. The SMILES string of the molecule is C[C@H]1CCN2c3ncc(C(F)(F)F)cc3OCC[C@H]2C1. The molecule has 0 amide bonds. The largest absolute Gasteiger partial charge is 0.490 e. The number of anilines is 1. The summed E-state index contributed by atoms with van der Waals surface area (Å²) in [7, 11) is 0. The molecular formula is C14H17F3N2O. The van der Waals surface area contributed by atoms with Gasteiger partial charge in [0.1, 0.15) is 0 Å². The van der Waals surface area contributed by atoms with E-state index in [2.05, 4.69) is 16.8 Å². The van der Waals surface area contributed by atoms with E-state index in [1.165, 1.54) is 0 Å². The smallest absolute Gasteiger partial charge is 0.418 e. The maximum Gasteiger partial charge on any atom is 0.418 e.